The minimum atomic E-state index is -0.876. The van der Waals surface area contributed by atoms with Crippen molar-refractivity contribution in [3.8, 4) is 0 Å². The molecule has 0 bridgehead atoms. The lowest BCUT2D eigenvalue weighted by Crippen LogP contribution is -2.52. The SMILES string of the molecule is CC(C)(C)N=NC(C)(C)NC(=O)NNC(=O)SCc1ccccc1. The first-order valence-electron chi connectivity index (χ1n) is 7.56. The van der Waals surface area contributed by atoms with Gasteiger partial charge in [0.1, 0.15) is 5.66 Å². The van der Waals surface area contributed by atoms with Crippen molar-refractivity contribution >= 4 is 23.0 Å². The van der Waals surface area contributed by atoms with E-state index in [0.717, 1.165) is 17.3 Å². The topological polar surface area (TPSA) is 94.9 Å². The van der Waals surface area contributed by atoms with Gasteiger partial charge in [-0.3, -0.25) is 10.2 Å². The summed E-state index contributed by atoms with van der Waals surface area (Å²) in [5.74, 6) is 0.529. The molecule has 0 aromatic heterocycles. The van der Waals surface area contributed by atoms with E-state index in [-0.39, 0.29) is 10.8 Å². The number of nitrogens with one attached hydrogen (secondary N) is 3. The molecule has 0 heterocycles. The fourth-order valence-corrected chi connectivity index (χ4v) is 2.09. The minimum Gasteiger partial charge on any atom is -0.311 e. The standard InChI is InChI=1S/C16H25N5O2S/c1-15(2,3)20-21-16(4,5)17-13(22)18-19-14(23)24-11-12-9-7-6-8-10-12/h6-10H,11H2,1-5H3,(H,19,23)(H2,17,18,22). The van der Waals surface area contributed by atoms with Gasteiger partial charge in [0.15, 0.2) is 0 Å². The third-order valence-corrected chi connectivity index (χ3v) is 3.35. The highest BCUT2D eigenvalue weighted by Gasteiger charge is 2.21. The smallest absolute Gasteiger partial charge is 0.311 e. The van der Waals surface area contributed by atoms with Gasteiger partial charge in [0.25, 0.3) is 5.24 Å². The van der Waals surface area contributed by atoms with E-state index in [9.17, 15) is 9.59 Å². The van der Waals surface area contributed by atoms with Crippen LogP contribution in [0.3, 0.4) is 0 Å². The molecule has 0 aliphatic rings. The predicted molar refractivity (Wildman–Crippen MR) is 96.6 cm³/mol. The van der Waals surface area contributed by atoms with Gasteiger partial charge in [-0.25, -0.2) is 10.2 Å². The number of hydrogen-bond donors (Lipinski definition) is 3. The average molecular weight is 351 g/mol. The van der Waals surface area contributed by atoms with E-state index in [4.69, 9.17) is 0 Å². The molecule has 8 heteroatoms. The maximum atomic E-state index is 11.8. The van der Waals surface area contributed by atoms with Crippen LogP contribution in [0.25, 0.3) is 0 Å². The molecule has 1 aromatic carbocycles. The molecule has 0 fully saturated rings. The van der Waals surface area contributed by atoms with Gasteiger partial charge in [-0.05, 0) is 40.2 Å². The molecular formula is C16H25N5O2S. The Bertz CT molecular complexity index is 582. The van der Waals surface area contributed by atoms with E-state index >= 15 is 0 Å². The highest BCUT2D eigenvalue weighted by Crippen LogP contribution is 2.13. The summed E-state index contributed by atoms with van der Waals surface area (Å²) in [6.07, 6.45) is 0. The zero-order valence-electron chi connectivity index (χ0n) is 14.7. The first-order valence-corrected chi connectivity index (χ1v) is 8.55. The molecule has 7 nitrogen and oxygen atoms in total. The fraction of sp³-hybridized carbons (Fsp3) is 0.500. The van der Waals surface area contributed by atoms with Gasteiger partial charge in [0.05, 0.1) is 5.54 Å². The molecule has 0 aliphatic heterocycles. The van der Waals surface area contributed by atoms with Crippen molar-refractivity contribution in [1.29, 1.82) is 0 Å². The predicted octanol–water partition coefficient (Wildman–Crippen LogP) is 3.83. The molecule has 0 atom stereocenters. The van der Waals surface area contributed by atoms with E-state index < -0.39 is 11.7 Å². The molecule has 0 unspecified atom stereocenters. The number of amides is 3. The Balaban J connectivity index is 2.34. The third-order valence-electron chi connectivity index (χ3n) is 2.51. The van der Waals surface area contributed by atoms with E-state index in [2.05, 4.69) is 26.4 Å². The Kier molecular flexibility index (Phi) is 7.21. The highest BCUT2D eigenvalue weighted by molar-refractivity contribution is 8.12. The van der Waals surface area contributed by atoms with Crippen molar-refractivity contribution < 1.29 is 9.59 Å². The molecule has 3 amide bonds. The summed E-state index contributed by atoms with van der Waals surface area (Å²) in [4.78, 5) is 23.5. The summed E-state index contributed by atoms with van der Waals surface area (Å²) in [5, 5.41) is 10.5. The largest absolute Gasteiger partial charge is 0.335 e. The van der Waals surface area contributed by atoms with Gasteiger partial charge in [0.2, 0.25) is 0 Å². The van der Waals surface area contributed by atoms with Gasteiger partial charge in [-0.15, -0.1) is 0 Å². The number of hydrogen-bond acceptors (Lipinski definition) is 5. The van der Waals surface area contributed by atoms with Crippen molar-refractivity contribution in [2.24, 2.45) is 10.2 Å². The lowest BCUT2D eigenvalue weighted by atomic mass is 10.1. The zero-order valence-corrected chi connectivity index (χ0v) is 15.5. The molecule has 0 radical (unpaired) electrons. The summed E-state index contributed by atoms with van der Waals surface area (Å²) in [7, 11) is 0. The number of carbonyl (C=O) groups is 2. The molecule has 1 aromatic rings. The van der Waals surface area contributed by atoms with Crippen molar-refractivity contribution in [2.45, 2.75) is 51.6 Å². The number of carbonyl (C=O) groups excluding carboxylic acids is 2. The fourth-order valence-electron chi connectivity index (χ4n) is 1.48. The maximum absolute atomic E-state index is 11.8. The summed E-state index contributed by atoms with van der Waals surface area (Å²) >= 11 is 1.07. The van der Waals surface area contributed by atoms with Crippen LogP contribution < -0.4 is 16.2 Å². The molecule has 0 saturated heterocycles. The number of hydrazine groups is 1. The normalized spacial score (nSPS) is 12.0. The summed E-state index contributed by atoms with van der Waals surface area (Å²) < 4.78 is 0. The van der Waals surface area contributed by atoms with Crippen molar-refractivity contribution in [3.63, 3.8) is 0 Å². The van der Waals surface area contributed by atoms with Gasteiger partial charge in [-0.2, -0.15) is 10.2 Å². The van der Waals surface area contributed by atoms with Crippen LogP contribution in [0.1, 0.15) is 40.2 Å². The maximum Gasteiger partial charge on any atom is 0.335 e. The van der Waals surface area contributed by atoms with Crippen LogP contribution in [-0.2, 0) is 5.75 Å². The molecule has 24 heavy (non-hydrogen) atoms. The molecule has 3 N–H and O–H groups in total. The Morgan fingerprint density at radius 3 is 2.21 bits per heavy atom. The Labute approximate surface area is 147 Å². The number of benzene rings is 1. The quantitative estimate of drug-likeness (QED) is 0.568. The Morgan fingerprint density at radius 1 is 1.00 bits per heavy atom. The van der Waals surface area contributed by atoms with Gasteiger partial charge in [0, 0.05) is 5.75 Å². The lowest BCUT2D eigenvalue weighted by Gasteiger charge is -2.22. The van der Waals surface area contributed by atoms with Crippen molar-refractivity contribution in [3.05, 3.63) is 35.9 Å². The molecule has 1 rings (SSSR count). The number of rotatable bonds is 4. The second kappa shape index (κ2) is 8.68. The third kappa shape index (κ3) is 9.14. The number of thioether (sulfide) groups is 1. The van der Waals surface area contributed by atoms with Gasteiger partial charge >= 0.3 is 6.03 Å². The van der Waals surface area contributed by atoms with E-state index in [1.807, 2.05) is 51.1 Å². The highest BCUT2D eigenvalue weighted by atomic mass is 32.2. The number of nitrogens with zero attached hydrogens (tertiary/aromatic N) is 2. The molecule has 0 aliphatic carbocycles. The second-order valence-electron chi connectivity index (χ2n) is 6.70. The average Bonchev–Trinajstić information content (AvgIpc) is 2.49. The van der Waals surface area contributed by atoms with E-state index in [0.29, 0.717) is 5.75 Å². The Hall–Kier alpha value is -2.09. The lowest BCUT2D eigenvalue weighted by molar-refractivity contribution is 0.222. The van der Waals surface area contributed by atoms with Gasteiger partial charge in [-0.1, -0.05) is 42.1 Å². The summed E-state index contributed by atoms with van der Waals surface area (Å²) in [5.41, 5.74) is 4.47. The van der Waals surface area contributed by atoms with E-state index in [1.165, 1.54) is 0 Å². The van der Waals surface area contributed by atoms with Crippen LogP contribution in [0.2, 0.25) is 0 Å². The van der Waals surface area contributed by atoms with Crippen molar-refractivity contribution in [1.82, 2.24) is 16.2 Å². The number of urea groups is 1. The molecule has 132 valence electrons. The summed E-state index contributed by atoms with van der Waals surface area (Å²) in [6.45, 7) is 9.17. The van der Waals surface area contributed by atoms with Crippen LogP contribution in [0.4, 0.5) is 9.59 Å². The van der Waals surface area contributed by atoms with Crippen LogP contribution in [-0.4, -0.2) is 22.5 Å². The molecular weight excluding hydrogens is 326 g/mol. The Morgan fingerprint density at radius 2 is 1.62 bits per heavy atom. The van der Waals surface area contributed by atoms with Crippen LogP contribution in [0.5, 0.6) is 0 Å². The van der Waals surface area contributed by atoms with Crippen LogP contribution >= 0.6 is 11.8 Å². The van der Waals surface area contributed by atoms with Crippen LogP contribution in [0.15, 0.2) is 40.6 Å². The summed E-state index contributed by atoms with van der Waals surface area (Å²) in [6, 6.07) is 9.05. The number of azo groups is 1. The first-order chi connectivity index (χ1) is 11.1. The molecule has 0 spiro atoms. The van der Waals surface area contributed by atoms with Gasteiger partial charge < -0.3 is 5.32 Å². The van der Waals surface area contributed by atoms with Crippen molar-refractivity contribution in [2.75, 3.05) is 0 Å². The minimum absolute atomic E-state index is 0.322. The zero-order chi connectivity index (χ0) is 18.2. The van der Waals surface area contributed by atoms with Crippen LogP contribution in [0, 0.1) is 0 Å². The molecule has 0 saturated carbocycles. The first kappa shape index (κ1) is 20.0. The second-order valence-corrected chi connectivity index (χ2v) is 7.64. The van der Waals surface area contributed by atoms with E-state index in [1.54, 1.807) is 13.8 Å². The monoisotopic (exact) mass is 351 g/mol.